The lowest BCUT2D eigenvalue weighted by Crippen LogP contribution is -2.42. The Morgan fingerprint density at radius 1 is 1.07 bits per heavy atom. The molecule has 2 aromatic rings. The summed E-state index contributed by atoms with van der Waals surface area (Å²) in [5.74, 6) is -3.27. The number of hydrogen-bond acceptors (Lipinski definition) is 9. The standard InChI is InChI=1S/C22H30N4O.C6H8O7/c1-3-4-7-20-24-11-17(12-25-20)13-26-14-18-8-9-22(27,19(18)15-26)21-16(2)6-5-10-23-21;7-3(8)1-6(13,5(11)12)2-4(9)10/h5-6,10-12,18-19,27H,3-4,7-9,13-15H2,1-2H3;13H,1-2H2,(H,7,8)(H,9,10)(H,11,12)/t18-,19+,22-;/m0./s1. The molecule has 2 aliphatic rings. The number of carbonyl (C=O) groups is 3. The number of hydrogen-bond donors (Lipinski definition) is 5. The Bertz CT molecular complexity index is 1180. The first-order chi connectivity index (χ1) is 18.9. The van der Waals surface area contributed by atoms with Crippen LogP contribution in [-0.4, -0.2) is 82.0 Å². The molecule has 3 heterocycles. The zero-order valence-corrected chi connectivity index (χ0v) is 22.9. The van der Waals surface area contributed by atoms with Gasteiger partial charge in [0.25, 0.3) is 0 Å². The molecule has 2 aromatic heterocycles. The normalized spacial score (nSPS) is 22.3. The topological polar surface area (TPSA) is 194 Å². The molecule has 1 aliphatic heterocycles. The van der Waals surface area contributed by atoms with Crippen LogP contribution >= 0.6 is 0 Å². The molecule has 2 fully saturated rings. The Hall–Kier alpha value is -3.48. The van der Waals surface area contributed by atoms with Crippen molar-refractivity contribution in [3.05, 3.63) is 53.4 Å². The van der Waals surface area contributed by atoms with Crippen molar-refractivity contribution in [3.63, 3.8) is 0 Å². The summed E-state index contributed by atoms with van der Waals surface area (Å²) in [6.07, 6.45) is 8.62. The molecule has 4 rings (SSSR count). The molecule has 0 amide bonds. The summed E-state index contributed by atoms with van der Waals surface area (Å²) in [6.45, 7) is 7.05. The van der Waals surface area contributed by atoms with Crippen molar-refractivity contribution in [1.82, 2.24) is 19.9 Å². The Kier molecular flexibility index (Phi) is 10.3. The van der Waals surface area contributed by atoms with Gasteiger partial charge in [-0.3, -0.25) is 19.5 Å². The second-order valence-electron chi connectivity index (χ2n) is 10.8. The van der Waals surface area contributed by atoms with Crippen LogP contribution in [0, 0.1) is 18.8 Å². The maximum atomic E-state index is 11.5. The minimum atomic E-state index is -2.74. The van der Waals surface area contributed by atoms with Crippen molar-refractivity contribution in [3.8, 4) is 0 Å². The third-order valence-corrected chi connectivity index (χ3v) is 7.65. The van der Waals surface area contributed by atoms with Crippen molar-refractivity contribution >= 4 is 17.9 Å². The van der Waals surface area contributed by atoms with Gasteiger partial charge in [-0.25, -0.2) is 14.8 Å². The number of rotatable bonds is 11. The molecule has 0 bridgehead atoms. The van der Waals surface area contributed by atoms with E-state index in [0.29, 0.717) is 5.92 Å². The molecule has 12 heteroatoms. The van der Waals surface area contributed by atoms with Gasteiger partial charge in [0.05, 0.1) is 18.5 Å². The Labute approximate surface area is 232 Å². The first-order valence-electron chi connectivity index (χ1n) is 13.4. The summed E-state index contributed by atoms with van der Waals surface area (Å²) < 4.78 is 0. The van der Waals surface area contributed by atoms with E-state index in [9.17, 15) is 19.5 Å². The summed E-state index contributed by atoms with van der Waals surface area (Å²) in [5.41, 5.74) is -0.394. The molecule has 0 unspecified atom stereocenters. The average molecular weight is 559 g/mol. The van der Waals surface area contributed by atoms with Gasteiger partial charge in [0, 0.05) is 56.1 Å². The quantitative estimate of drug-likeness (QED) is 0.270. The number of nitrogens with zero attached hydrogens (tertiary/aromatic N) is 4. The van der Waals surface area contributed by atoms with Crippen molar-refractivity contribution in [2.75, 3.05) is 13.1 Å². The third-order valence-electron chi connectivity index (χ3n) is 7.65. The summed E-state index contributed by atoms with van der Waals surface area (Å²) in [6, 6.07) is 4.00. The lowest BCUT2D eigenvalue weighted by atomic mass is 9.83. The highest BCUT2D eigenvalue weighted by atomic mass is 16.4. The van der Waals surface area contributed by atoms with Crippen LogP contribution in [0.25, 0.3) is 0 Å². The number of fused-ring (bicyclic) bond motifs is 1. The molecule has 40 heavy (non-hydrogen) atoms. The SMILES string of the molecule is CCCCc1ncc(CN2C[C@@H]3CC[C@@](O)(c4ncccc4C)[C@@H]3C2)cn1.O=C(O)CC(O)(CC(=O)O)C(=O)O. The largest absolute Gasteiger partial charge is 0.481 e. The zero-order valence-electron chi connectivity index (χ0n) is 22.9. The minimum Gasteiger partial charge on any atom is -0.481 e. The monoisotopic (exact) mass is 558 g/mol. The van der Waals surface area contributed by atoms with Gasteiger partial charge in [-0.05, 0) is 43.7 Å². The van der Waals surface area contributed by atoms with Gasteiger partial charge in [-0.1, -0.05) is 19.4 Å². The predicted molar refractivity (Wildman–Crippen MR) is 142 cm³/mol. The van der Waals surface area contributed by atoms with E-state index in [0.717, 1.165) is 68.0 Å². The lowest BCUT2D eigenvalue weighted by molar-refractivity contribution is -0.170. The van der Waals surface area contributed by atoms with Crippen LogP contribution in [0.15, 0.2) is 30.7 Å². The maximum absolute atomic E-state index is 11.5. The predicted octanol–water partition coefficient (Wildman–Crippen LogP) is 2.00. The molecule has 0 aromatic carbocycles. The van der Waals surface area contributed by atoms with E-state index in [1.807, 2.05) is 18.5 Å². The number of carboxylic acids is 3. The van der Waals surface area contributed by atoms with E-state index in [2.05, 4.69) is 39.8 Å². The van der Waals surface area contributed by atoms with Crippen molar-refractivity contribution in [2.45, 2.75) is 76.5 Å². The molecule has 218 valence electrons. The van der Waals surface area contributed by atoms with Crippen LogP contribution in [0.4, 0.5) is 0 Å². The molecule has 1 saturated carbocycles. The van der Waals surface area contributed by atoms with Crippen LogP contribution in [0.2, 0.25) is 0 Å². The first-order valence-corrected chi connectivity index (χ1v) is 13.4. The Balaban J connectivity index is 0.000000289. The van der Waals surface area contributed by atoms with Gasteiger partial charge in [-0.2, -0.15) is 0 Å². The molecular weight excluding hydrogens is 520 g/mol. The van der Waals surface area contributed by atoms with E-state index in [1.54, 1.807) is 6.20 Å². The van der Waals surface area contributed by atoms with Crippen molar-refractivity contribution in [2.24, 2.45) is 11.8 Å². The van der Waals surface area contributed by atoms with E-state index >= 15 is 0 Å². The van der Waals surface area contributed by atoms with Gasteiger partial charge in [0.1, 0.15) is 11.4 Å². The number of aliphatic carboxylic acids is 3. The number of aromatic nitrogens is 3. The van der Waals surface area contributed by atoms with Crippen LogP contribution in [0.5, 0.6) is 0 Å². The smallest absolute Gasteiger partial charge is 0.336 e. The summed E-state index contributed by atoms with van der Waals surface area (Å²) in [5, 5.41) is 45.3. The number of aryl methyl sites for hydroxylation is 2. The number of carboxylic acid groups (broad SMARTS) is 3. The zero-order chi connectivity index (χ0) is 29.5. The van der Waals surface area contributed by atoms with E-state index in [4.69, 9.17) is 20.4 Å². The highest BCUT2D eigenvalue weighted by Gasteiger charge is 2.53. The van der Waals surface area contributed by atoms with E-state index in [1.165, 1.54) is 6.42 Å². The van der Waals surface area contributed by atoms with Gasteiger partial charge >= 0.3 is 17.9 Å². The second kappa shape index (κ2) is 13.2. The molecule has 3 atom stereocenters. The molecule has 1 aliphatic carbocycles. The fourth-order valence-electron chi connectivity index (χ4n) is 5.65. The molecule has 0 radical (unpaired) electrons. The first kappa shape index (κ1) is 31.1. The van der Waals surface area contributed by atoms with Gasteiger partial charge in [-0.15, -0.1) is 0 Å². The molecule has 1 saturated heterocycles. The summed E-state index contributed by atoms with van der Waals surface area (Å²) in [7, 11) is 0. The van der Waals surface area contributed by atoms with Crippen LogP contribution in [0.1, 0.15) is 68.1 Å². The van der Waals surface area contributed by atoms with Crippen LogP contribution < -0.4 is 0 Å². The Morgan fingerprint density at radius 2 is 1.73 bits per heavy atom. The van der Waals surface area contributed by atoms with E-state index < -0.39 is 42.0 Å². The number of unbranched alkanes of at least 4 members (excludes halogenated alkanes) is 1. The molecule has 5 N–H and O–H groups in total. The highest BCUT2D eigenvalue weighted by molar-refractivity contribution is 5.88. The second-order valence-corrected chi connectivity index (χ2v) is 10.8. The van der Waals surface area contributed by atoms with Gasteiger partial charge < -0.3 is 25.5 Å². The van der Waals surface area contributed by atoms with Crippen LogP contribution in [0.3, 0.4) is 0 Å². The fraction of sp³-hybridized carbons (Fsp3) is 0.571. The minimum absolute atomic E-state index is 0.260. The number of aliphatic hydroxyl groups is 2. The third kappa shape index (κ3) is 7.58. The molecule has 0 spiro atoms. The van der Waals surface area contributed by atoms with Gasteiger partial charge in [0.2, 0.25) is 0 Å². The van der Waals surface area contributed by atoms with Crippen molar-refractivity contribution in [1.29, 1.82) is 0 Å². The fourth-order valence-corrected chi connectivity index (χ4v) is 5.65. The molecular formula is C28H38N4O8. The highest BCUT2D eigenvalue weighted by Crippen LogP contribution is 2.50. The molecule has 12 nitrogen and oxygen atoms in total. The average Bonchev–Trinajstić information content (AvgIpc) is 3.43. The Morgan fingerprint density at radius 3 is 2.27 bits per heavy atom. The number of likely N-dealkylation sites (tertiary alicyclic amines) is 1. The van der Waals surface area contributed by atoms with Crippen molar-refractivity contribution < 1.29 is 39.9 Å². The van der Waals surface area contributed by atoms with Crippen LogP contribution in [-0.2, 0) is 33.0 Å². The maximum Gasteiger partial charge on any atom is 0.336 e. The van der Waals surface area contributed by atoms with E-state index in [-0.39, 0.29) is 5.92 Å². The summed E-state index contributed by atoms with van der Waals surface area (Å²) in [4.78, 5) is 46.5. The summed E-state index contributed by atoms with van der Waals surface area (Å²) >= 11 is 0. The lowest BCUT2D eigenvalue weighted by Gasteiger charge is -2.31. The number of pyridine rings is 1. The van der Waals surface area contributed by atoms with Gasteiger partial charge in [0.15, 0.2) is 5.60 Å².